The molecule has 0 aliphatic heterocycles. The Bertz CT molecular complexity index is 833. The van der Waals surface area contributed by atoms with E-state index in [9.17, 15) is 4.79 Å². The molecule has 0 spiro atoms. The first-order chi connectivity index (χ1) is 12.3. The molecule has 0 aliphatic rings. The zero-order valence-corrected chi connectivity index (χ0v) is 13.9. The highest BCUT2D eigenvalue weighted by Gasteiger charge is 2.11. The van der Waals surface area contributed by atoms with Crippen LogP contribution in [-0.2, 0) is 11.3 Å². The number of hydrogen-bond donors (Lipinski definition) is 0. The van der Waals surface area contributed by atoms with E-state index in [1.165, 1.54) is 0 Å². The Morgan fingerprint density at radius 1 is 1.00 bits per heavy atom. The monoisotopic (exact) mass is 334 g/mol. The molecular weight excluding hydrogens is 316 g/mol. The fourth-order valence-electron chi connectivity index (χ4n) is 2.30. The van der Waals surface area contributed by atoms with Crippen molar-refractivity contribution >= 4 is 5.97 Å². The number of benzene rings is 1. The highest BCUT2D eigenvalue weighted by molar-refractivity contribution is 5.88. The van der Waals surface area contributed by atoms with Crippen LogP contribution in [0.15, 0.2) is 67.0 Å². The summed E-state index contributed by atoms with van der Waals surface area (Å²) in [5, 5.41) is 0. The molecule has 2 heterocycles. The third-order valence-corrected chi connectivity index (χ3v) is 3.54. The van der Waals surface area contributed by atoms with Gasteiger partial charge in [-0.3, -0.25) is 4.98 Å². The van der Waals surface area contributed by atoms with Gasteiger partial charge in [0.25, 0.3) is 0 Å². The lowest BCUT2D eigenvalue weighted by Gasteiger charge is -2.07. The van der Waals surface area contributed by atoms with Gasteiger partial charge in [-0.2, -0.15) is 0 Å². The van der Waals surface area contributed by atoms with Crippen LogP contribution in [0.25, 0.3) is 11.3 Å². The maximum absolute atomic E-state index is 12.2. The molecule has 2 aromatic heterocycles. The van der Waals surface area contributed by atoms with Gasteiger partial charge in [0.1, 0.15) is 18.1 Å². The fraction of sp³-hybridized carbons (Fsp3) is 0.150. The molecule has 25 heavy (non-hydrogen) atoms. The number of carbonyl (C=O) groups excluding carboxylic acids is 1. The number of carbonyl (C=O) groups is 1. The maximum Gasteiger partial charge on any atom is 0.357 e. The topological polar surface area (TPSA) is 61.3 Å². The zero-order valence-electron chi connectivity index (χ0n) is 13.9. The minimum absolute atomic E-state index is 0.191. The molecule has 0 radical (unpaired) electrons. The van der Waals surface area contributed by atoms with Crippen LogP contribution < -0.4 is 4.74 Å². The number of hydrogen-bond acceptors (Lipinski definition) is 5. The van der Waals surface area contributed by atoms with Crippen molar-refractivity contribution in [1.29, 1.82) is 0 Å². The number of rotatable bonds is 6. The fourth-order valence-corrected chi connectivity index (χ4v) is 2.30. The summed E-state index contributed by atoms with van der Waals surface area (Å²) in [6.07, 6.45) is 3.32. The molecular formula is C20H18N2O3. The Morgan fingerprint density at radius 2 is 1.76 bits per heavy atom. The minimum Gasteiger partial charge on any atom is -0.494 e. The average Bonchev–Trinajstić information content (AvgIpc) is 2.68. The maximum atomic E-state index is 12.2. The Kier molecular flexibility index (Phi) is 5.36. The molecule has 1 aromatic carbocycles. The third kappa shape index (κ3) is 4.41. The van der Waals surface area contributed by atoms with Gasteiger partial charge in [-0.25, -0.2) is 9.78 Å². The van der Waals surface area contributed by atoms with Gasteiger partial charge in [0.05, 0.1) is 12.3 Å². The van der Waals surface area contributed by atoms with E-state index in [0.717, 1.165) is 16.9 Å². The summed E-state index contributed by atoms with van der Waals surface area (Å²) in [6, 6.07) is 16.5. The second kappa shape index (κ2) is 8.06. The van der Waals surface area contributed by atoms with Crippen molar-refractivity contribution in [2.75, 3.05) is 6.61 Å². The number of aromatic nitrogens is 2. The summed E-state index contributed by atoms with van der Waals surface area (Å²) >= 11 is 0. The lowest BCUT2D eigenvalue weighted by molar-refractivity contribution is 0.0466. The third-order valence-electron chi connectivity index (χ3n) is 3.54. The molecule has 0 bridgehead atoms. The smallest absolute Gasteiger partial charge is 0.357 e. The predicted octanol–water partition coefficient (Wildman–Crippen LogP) is 3.90. The molecule has 0 unspecified atom stereocenters. The first-order valence-electron chi connectivity index (χ1n) is 8.02. The Labute approximate surface area is 146 Å². The largest absolute Gasteiger partial charge is 0.494 e. The van der Waals surface area contributed by atoms with Crippen LogP contribution in [0.5, 0.6) is 5.75 Å². The van der Waals surface area contributed by atoms with Gasteiger partial charge in [-0.05, 0) is 61.0 Å². The Hall–Kier alpha value is -3.21. The van der Waals surface area contributed by atoms with E-state index in [1.807, 2.05) is 37.3 Å². The van der Waals surface area contributed by atoms with Crippen molar-refractivity contribution in [3.63, 3.8) is 0 Å². The first kappa shape index (κ1) is 16.6. The molecule has 0 fully saturated rings. The van der Waals surface area contributed by atoms with E-state index in [4.69, 9.17) is 9.47 Å². The average molecular weight is 334 g/mol. The van der Waals surface area contributed by atoms with Crippen LogP contribution in [-0.4, -0.2) is 22.5 Å². The molecule has 0 aliphatic carbocycles. The van der Waals surface area contributed by atoms with E-state index in [1.54, 1.807) is 36.7 Å². The van der Waals surface area contributed by atoms with Crippen LogP contribution in [0.4, 0.5) is 0 Å². The standard InChI is InChI=1S/C20H18N2O3/c1-2-24-17-8-6-16(7-9-17)18-4-3-5-19(22-18)20(23)25-14-15-10-12-21-13-11-15/h3-13H,2,14H2,1H3. The van der Waals surface area contributed by atoms with E-state index in [0.29, 0.717) is 12.3 Å². The molecule has 3 aromatic rings. The predicted molar refractivity (Wildman–Crippen MR) is 94.2 cm³/mol. The van der Waals surface area contributed by atoms with Gasteiger partial charge < -0.3 is 9.47 Å². The molecule has 0 amide bonds. The van der Waals surface area contributed by atoms with Gasteiger partial charge in [-0.1, -0.05) is 6.07 Å². The number of ether oxygens (including phenoxy) is 2. The van der Waals surface area contributed by atoms with Gasteiger partial charge in [0.15, 0.2) is 0 Å². The van der Waals surface area contributed by atoms with Crippen molar-refractivity contribution in [3.8, 4) is 17.0 Å². The van der Waals surface area contributed by atoms with Crippen molar-refractivity contribution in [2.24, 2.45) is 0 Å². The highest BCUT2D eigenvalue weighted by Crippen LogP contribution is 2.21. The molecule has 5 nitrogen and oxygen atoms in total. The molecule has 0 N–H and O–H groups in total. The van der Waals surface area contributed by atoms with E-state index in [2.05, 4.69) is 9.97 Å². The van der Waals surface area contributed by atoms with Crippen LogP contribution in [0.2, 0.25) is 0 Å². The first-order valence-corrected chi connectivity index (χ1v) is 8.02. The number of esters is 1. The van der Waals surface area contributed by atoms with Crippen molar-refractivity contribution in [3.05, 3.63) is 78.2 Å². The van der Waals surface area contributed by atoms with Gasteiger partial charge in [0.2, 0.25) is 0 Å². The Morgan fingerprint density at radius 3 is 2.48 bits per heavy atom. The van der Waals surface area contributed by atoms with Crippen LogP contribution in [0, 0.1) is 0 Å². The second-order valence-corrected chi connectivity index (χ2v) is 5.30. The molecule has 3 rings (SSSR count). The van der Waals surface area contributed by atoms with Gasteiger partial charge >= 0.3 is 5.97 Å². The minimum atomic E-state index is -0.454. The molecule has 126 valence electrons. The summed E-state index contributed by atoms with van der Waals surface area (Å²) in [5.74, 6) is 0.351. The van der Waals surface area contributed by atoms with Gasteiger partial charge in [0, 0.05) is 18.0 Å². The van der Waals surface area contributed by atoms with E-state index in [-0.39, 0.29) is 12.3 Å². The lowest BCUT2D eigenvalue weighted by Crippen LogP contribution is -2.07. The zero-order chi connectivity index (χ0) is 17.5. The summed E-state index contributed by atoms with van der Waals surface area (Å²) in [4.78, 5) is 20.6. The summed E-state index contributed by atoms with van der Waals surface area (Å²) in [7, 11) is 0. The number of pyridine rings is 2. The van der Waals surface area contributed by atoms with Crippen LogP contribution >= 0.6 is 0 Å². The Balaban J connectivity index is 1.71. The summed E-state index contributed by atoms with van der Waals surface area (Å²) < 4.78 is 10.7. The number of nitrogens with zero attached hydrogens (tertiary/aromatic N) is 2. The van der Waals surface area contributed by atoms with Crippen LogP contribution in [0.3, 0.4) is 0 Å². The SMILES string of the molecule is CCOc1ccc(-c2cccc(C(=O)OCc3ccncc3)n2)cc1. The van der Waals surface area contributed by atoms with Crippen molar-refractivity contribution < 1.29 is 14.3 Å². The molecule has 5 heteroatoms. The summed E-state index contributed by atoms with van der Waals surface area (Å²) in [6.45, 7) is 2.75. The van der Waals surface area contributed by atoms with Gasteiger partial charge in [-0.15, -0.1) is 0 Å². The second-order valence-electron chi connectivity index (χ2n) is 5.30. The lowest BCUT2D eigenvalue weighted by atomic mass is 10.1. The normalized spacial score (nSPS) is 10.3. The quantitative estimate of drug-likeness (QED) is 0.640. The highest BCUT2D eigenvalue weighted by atomic mass is 16.5. The van der Waals surface area contributed by atoms with E-state index < -0.39 is 5.97 Å². The molecule has 0 saturated carbocycles. The molecule has 0 saturated heterocycles. The molecule has 0 atom stereocenters. The summed E-state index contributed by atoms with van der Waals surface area (Å²) in [5.41, 5.74) is 2.78. The van der Waals surface area contributed by atoms with Crippen molar-refractivity contribution in [1.82, 2.24) is 9.97 Å². The van der Waals surface area contributed by atoms with Crippen LogP contribution in [0.1, 0.15) is 23.0 Å². The van der Waals surface area contributed by atoms with E-state index >= 15 is 0 Å². The van der Waals surface area contributed by atoms with Crippen molar-refractivity contribution in [2.45, 2.75) is 13.5 Å².